The molecule has 0 unspecified atom stereocenters. The first-order valence-corrected chi connectivity index (χ1v) is 14.7. The number of nitrogens with zero attached hydrogens (tertiary/aromatic N) is 3. The fourth-order valence-electron chi connectivity index (χ4n) is 5.17. The zero-order chi connectivity index (χ0) is 29.3. The fraction of sp³-hybridized carbons (Fsp3) is 0.538. The van der Waals surface area contributed by atoms with Crippen LogP contribution in [0.3, 0.4) is 0 Å². The van der Waals surface area contributed by atoms with E-state index < -0.39 is 39.9 Å². The van der Waals surface area contributed by atoms with Crippen LogP contribution in [-0.4, -0.2) is 103 Å². The summed E-state index contributed by atoms with van der Waals surface area (Å²) in [5.41, 5.74) is -2.79. The van der Waals surface area contributed by atoms with E-state index in [1.165, 1.54) is 34.6 Å². The van der Waals surface area contributed by atoms with Crippen LogP contribution >= 0.6 is 12.2 Å². The average molecular weight is 604 g/mol. The molecule has 0 saturated carbocycles. The summed E-state index contributed by atoms with van der Waals surface area (Å²) < 4.78 is 74.1. The highest BCUT2D eigenvalue weighted by atomic mass is 32.2. The maximum Gasteiger partial charge on any atom is 0.421 e. The predicted octanol–water partition coefficient (Wildman–Crippen LogP) is 2.67. The van der Waals surface area contributed by atoms with E-state index in [-0.39, 0.29) is 43.1 Å². The number of piperazine rings is 1. The number of carbonyl (C=O) groups is 1. The van der Waals surface area contributed by atoms with Gasteiger partial charge in [-0.3, -0.25) is 9.69 Å². The van der Waals surface area contributed by atoms with E-state index in [0.29, 0.717) is 43.6 Å². The monoisotopic (exact) mass is 603 g/mol. The average Bonchev–Trinajstić information content (AvgIpc) is 2.89. The number of sulfonamides is 1. The minimum absolute atomic E-state index is 0.0607. The largest absolute Gasteiger partial charge is 0.481 e. The third-order valence-corrected chi connectivity index (χ3v) is 10.0. The Morgan fingerprint density at radius 1 is 1.15 bits per heavy atom. The number of carboxylic acids is 1. The van der Waals surface area contributed by atoms with Crippen molar-refractivity contribution in [3.8, 4) is 0 Å². The van der Waals surface area contributed by atoms with Crippen LogP contribution in [0.15, 0.2) is 47.4 Å². The summed E-state index contributed by atoms with van der Waals surface area (Å²) >= 11 is 5.31. The van der Waals surface area contributed by atoms with Gasteiger partial charge in [0.25, 0.3) is 0 Å². The third-order valence-electron chi connectivity index (χ3n) is 7.54. The van der Waals surface area contributed by atoms with Crippen LogP contribution in [0.5, 0.6) is 0 Å². The van der Waals surface area contributed by atoms with Crippen molar-refractivity contribution in [3.63, 3.8) is 0 Å². The molecule has 0 aromatic heterocycles. The molecule has 40 heavy (non-hydrogen) atoms. The molecule has 2 aliphatic heterocycles. The van der Waals surface area contributed by atoms with Gasteiger partial charge in [-0.25, -0.2) is 8.42 Å². The number of aliphatic carboxylic acids is 1. The molecule has 1 aromatic rings. The van der Waals surface area contributed by atoms with E-state index in [0.717, 1.165) is 0 Å². The first-order valence-electron chi connectivity index (χ1n) is 12.8. The highest BCUT2D eigenvalue weighted by molar-refractivity contribution is 7.96. The van der Waals surface area contributed by atoms with Crippen molar-refractivity contribution >= 4 is 38.8 Å². The summed E-state index contributed by atoms with van der Waals surface area (Å²) in [5.74, 6) is -0.983. The Labute approximate surface area is 236 Å². The quantitative estimate of drug-likeness (QED) is 0.434. The molecule has 2 saturated heterocycles. The molecule has 3 aliphatic rings. The second-order valence-corrected chi connectivity index (χ2v) is 12.6. The Kier molecular flexibility index (Phi) is 9.07. The number of morpholine rings is 1. The van der Waals surface area contributed by atoms with E-state index in [1.54, 1.807) is 12.2 Å². The molecule has 1 aliphatic carbocycles. The number of ether oxygens (including phenoxy) is 1. The van der Waals surface area contributed by atoms with Crippen LogP contribution < -0.4 is 4.90 Å². The normalized spacial score (nSPS) is 25.0. The van der Waals surface area contributed by atoms with Gasteiger partial charge in [0.2, 0.25) is 10.0 Å². The van der Waals surface area contributed by atoms with Gasteiger partial charge in [-0.1, -0.05) is 36.5 Å². The molecule has 0 spiro atoms. The molecule has 220 valence electrons. The minimum atomic E-state index is -4.86. The molecule has 2 fully saturated rings. The first-order chi connectivity index (χ1) is 18.7. The van der Waals surface area contributed by atoms with E-state index in [4.69, 9.17) is 17.0 Å². The lowest BCUT2D eigenvalue weighted by atomic mass is 9.95. The molecule has 0 amide bonds. The van der Waals surface area contributed by atoms with Gasteiger partial charge in [0.15, 0.2) is 5.60 Å². The predicted molar refractivity (Wildman–Crippen MR) is 147 cm³/mol. The molecule has 1 aromatic carbocycles. The topological polar surface area (TPSA) is 111 Å². The molecule has 2 N–H and O–H groups in total. The van der Waals surface area contributed by atoms with Crippen LogP contribution in [0.1, 0.15) is 25.3 Å². The number of allylic oxidation sites excluding steroid dienone is 4. The number of carboxylic acid groups (broad SMARTS) is 1. The molecule has 14 heteroatoms. The van der Waals surface area contributed by atoms with Crippen LogP contribution in [0, 0.1) is 0 Å². The van der Waals surface area contributed by atoms with Gasteiger partial charge < -0.3 is 19.8 Å². The van der Waals surface area contributed by atoms with Crippen molar-refractivity contribution in [1.29, 1.82) is 0 Å². The van der Waals surface area contributed by atoms with Crippen molar-refractivity contribution in [1.82, 2.24) is 9.21 Å². The minimum Gasteiger partial charge on any atom is -0.481 e. The fourth-order valence-corrected chi connectivity index (χ4v) is 7.24. The Morgan fingerprint density at radius 3 is 2.48 bits per heavy atom. The lowest BCUT2D eigenvalue weighted by Crippen LogP contribution is -2.61. The lowest BCUT2D eigenvalue weighted by Gasteiger charge is -2.46. The standard InChI is InChI=1S/C26H32F3N3O6S2/c1-25(35,26(27,28)29)18-6-8-19(9-7-18)32-11-10-31(40(36,37)23-5-3-2-4-22(23)39)16-21(32)15-30-12-13-38-17-20(30)14-24(33)34/h2-3,5-9,20-21,35H,4,10-17H2,1H3,(H,33,34)/t20-,21+,25-/m1/s1. The van der Waals surface area contributed by atoms with Crippen molar-refractivity contribution in [2.45, 2.75) is 43.6 Å². The zero-order valence-corrected chi connectivity index (χ0v) is 23.5. The van der Waals surface area contributed by atoms with Gasteiger partial charge >= 0.3 is 12.1 Å². The number of hydrogen-bond acceptors (Lipinski definition) is 8. The van der Waals surface area contributed by atoms with Gasteiger partial charge in [0.1, 0.15) is 0 Å². The summed E-state index contributed by atoms with van der Waals surface area (Å²) in [6, 6.07) is 4.50. The summed E-state index contributed by atoms with van der Waals surface area (Å²) in [4.78, 5) is 15.7. The zero-order valence-electron chi connectivity index (χ0n) is 21.9. The lowest BCUT2D eigenvalue weighted by molar-refractivity contribution is -0.258. The maximum atomic E-state index is 13.6. The second-order valence-electron chi connectivity index (χ2n) is 10.2. The van der Waals surface area contributed by atoms with Gasteiger partial charge in [-0.15, -0.1) is 0 Å². The summed E-state index contributed by atoms with van der Waals surface area (Å²) in [6.45, 7) is 2.46. The van der Waals surface area contributed by atoms with E-state index in [1.807, 2.05) is 9.80 Å². The SMILES string of the molecule is C[C@@](O)(c1ccc(N2CCN(S(=O)(=O)C3=CC=CCC3=S)C[C@@H]2CN2CCOC[C@H]2CC(=O)O)cc1)C(F)(F)F. The smallest absolute Gasteiger partial charge is 0.421 e. The van der Waals surface area contributed by atoms with E-state index in [2.05, 4.69) is 0 Å². The Morgan fingerprint density at radius 2 is 1.85 bits per heavy atom. The van der Waals surface area contributed by atoms with E-state index in [9.17, 15) is 36.6 Å². The molecule has 0 bridgehead atoms. The molecule has 0 radical (unpaired) electrons. The molecule has 3 atom stereocenters. The number of benzene rings is 1. The van der Waals surface area contributed by atoms with Crippen LogP contribution in [0.2, 0.25) is 0 Å². The molecular weight excluding hydrogens is 571 g/mol. The highest BCUT2D eigenvalue weighted by Gasteiger charge is 2.51. The summed E-state index contributed by atoms with van der Waals surface area (Å²) in [5, 5.41) is 19.4. The Hall–Kier alpha value is -2.36. The number of rotatable bonds is 8. The molecular formula is C26H32F3N3O6S2. The maximum absolute atomic E-state index is 13.6. The Bertz CT molecular complexity index is 1280. The van der Waals surface area contributed by atoms with Crippen LogP contribution in [0.4, 0.5) is 18.9 Å². The van der Waals surface area contributed by atoms with Gasteiger partial charge in [-0.05, 0) is 30.7 Å². The summed E-state index contributed by atoms with van der Waals surface area (Å²) in [7, 11) is -3.91. The third kappa shape index (κ3) is 6.42. The van der Waals surface area contributed by atoms with Gasteiger partial charge in [-0.2, -0.15) is 17.5 Å². The number of hydrogen-bond donors (Lipinski definition) is 2. The van der Waals surface area contributed by atoms with Crippen molar-refractivity contribution < 1.29 is 41.3 Å². The number of anilines is 1. The number of thiocarbonyl (C=S) groups is 1. The molecule has 4 rings (SSSR count). The Balaban J connectivity index is 1.63. The summed E-state index contributed by atoms with van der Waals surface area (Å²) in [6.07, 6.45) is 0.252. The van der Waals surface area contributed by atoms with Gasteiger partial charge in [0, 0.05) is 55.7 Å². The highest BCUT2D eigenvalue weighted by Crippen LogP contribution is 2.39. The van der Waals surface area contributed by atoms with Gasteiger partial charge in [0.05, 0.1) is 30.6 Å². The first kappa shape index (κ1) is 30.6. The second kappa shape index (κ2) is 11.9. The van der Waals surface area contributed by atoms with Crippen LogP contribution in [0.25, 0.3) is 0 Å². The van der Waals surface area contributed by atoms with Crippen molar-refractivity contribution in [2.24, 2.45) is 0 Å². The number of aliphatic hydroxyl groups is 1. The number of halogens is 3. The molecule has 9 nitrogen and oxygen atoms in total. The van der Waals surface area contributed by atoms with Crippen LogP contribution in [-0.2, 0) is 25.2 Å². The van der Waals surface area contributed by atoms with E-state index >= 15 is 0 Å². The van der Waals surface area contributed by atoms with Crippen molar-refractivity contribution in [3.05, 3.63) is 53.0 Å². The number of alkyl halides is 3. The van der Waals surface area contributed by atoms with Crippen molar-refractivity contribution in [2.75, 3.05) is 50.8 Å². The molecule has 2 heterocycles.